The van der Waals surface area contributed by atoms with Crippen molar-refractivity contribution in [2.75, 3.05) is 0 Å². The Bertz CT molecular complexity index is 329. The van der Waals surface area contributed by atoms with E-state index in [0.717, 1.165) is 18.5 Å². The molecule has 0 aliphatic heterocycles. The van der Waals surface area contributed by atoms with Crippen LogP contribution in [0.1, 0.15) is 57.2 Å². The first-order chi connectivity index (χ1) is 8.26. The molecule has 0 fully saturated rings. The minimum atomic E-state index is 0.317. The molecule has 2 nitrogen and oxygen atoms in total. The number of hydrogen-bond donors (Lipinski definition) is 0. The number of aromatic nitrogens is 1. The molecule has 0 aliphatic carbocycles. The van der Waals surface area contributed by atoms with E-state index in [4.69, 9.17) is 0 Å². The summed E-state index contributed by atoms with van der Waals surface area (Å²) in [6, 6.07) is 4.04. The third-order valence-corrected chi connectivity index (χ3v) is 2.98. The van der Waals surface area contributed by atoms with Gasteiger partial charge in [0.2, 0.25) is 0 Å². The van der Waals surface area contributed by atoms with Crippen molar-refractivity contribution in [1.82, 2.24) is 4.98 Å². The van der Waals surface area contributed by atoms with Gasteiger partial charge in [0.25, 0.3) is 0 Å². The number of hydrogen-bond acceptors (Lipinski definition) is 2. The zero-order valence-electron chi connectivity index (χ0n) is 11.0. The first-order valence-corrected chi connectivity index (χ1v) is 6.71. The molecule has 0 atom stereocenters. The summed E-state index contributed by atoms with van der Waals surface area (Å²) in [6.07, 6.45) is 8.72. The summed E-state index contributed by atoms with van der Waals surface area (Å²) in [5, 5.41) is 0. The lowest BCUT2D eigenvalue weighted by Gasteiger charge is -2.02. The van der Waals surface area contributed by atoms with Gasteiger partial charge in [0.05, 0.1) is 0 Å². The number of ketones is 1. The van der Waals surface area contributed by atoms with Crippen LogP contribution in [0.25, 0.3) is 0 Å². The fraction of sp³-hybridized carbons (Fsp3) is 0.600. The Labute approximate surface area is 104 Å². The van der Waals surface area contributed by atoms with E-state index in [0.29, 0.717) is 18.6 Å². The van der Waals surface area contributed by atoms with Crippen LogP contribution in [0.15, 0.2) is 18.3 Å². The van der Waals surface area contributed by atoms with E-state index >= 15 is 0 Å². The van der Waals surface area contributed by atoms with E-state index in [1.165, 1.54) is 24.8 Å². The Morgan fingerprint density at radius 1 is 1.18 bits per heavy atom. The third-order valence-electron chi connectivity index (χ3n) is 2.98. The lowest BCUT2D eigenvalue weighted by Crippen LogP contribution is -2.04. The Balaban J connectivity index is 2.29. The normalized spacial score (nSPS) is 10.5. The van der Waals surface area contributed by atoms with Gasteiger partial charge in [-0.25, -0.2) is 0 Å². The van der Waals surface area contributed by atoms with E-state index in [1.54, 1.807) is 0 Å². The number of rotatable bonds is 8. The van der Waals surface area contributed by atoms with Crippen molar-refractivity contribution in [2.45, 2.75) is 58.8 Å². The summed E-state index contributed by atoms with van der Waals surface area (Å²) in [6.45, 7) is 4.29. The lowest BCUT2D eigenvalue weighted by atomic mass is 10.1. The van der Waals surface area contributed by atoms with E-state index in [1.807, 2.05) is 12.3 Å². The SMILES string of the molecule is CCCCCCC(=O)Cc1ccc(CC)cn1. The monoisotopic (exact) mass is 233 g/mol. The molecule has 1 heterocycles. The van der Waals surface area contributed by atoms with Crippen molar-refractivity contribution in [1.29, 1.82) is 0 Å². The van der Waals surface area contributed by atoms with Crippen LogP contribution >= 0.6 is 0 Å². The molecule has 0 bridgehead atoms. The maximum Gasteiger partial charge on any atom is 0.138 e. The highest BCUT2D eigenvalue weighted by atomic mass is 16.1. The first-order valence-electron chi connectivity index (χ1n) is 6.71. The number of nitrogens with zero attached hydrogens (tertiary/aromatic N) is 1. The van der Waals surface area contributed by atoms with Crippen LogP contribution in [0.3, 0.4) is 0 Å². The van der Waals surface area contributed by atoms with Crippen LogP contribution in [0.5, 0.6) is 0 Å². The van der Waals surface area contributed by atoms with Gasteiger partial charge in [-0.1, -0.05) is 39.2 Å². The summed E-state index contributed by atoms with van der Waals surface area (Å²) in [4.78, 5) is 16.0. The summed E-state index contributed by atoms with van der Waals surface area (Å²) in [5.74, 6) is 0.317. The number of carbonyl (C=O) groups is 1. The average molecular weight is 233 g/mol. The van der Waals surface area contributed by atoms with Gasteiger partial charge in [-0.05, 0) is 24.5 Å². The predicted octanol–water partition coefficient (Wildman–Crippen LogP) is 3.73. The minimum absolute atomic E-state index is 0.317. The largest absolute Gasteiger partial charge is 0.299 e. The second-order valence-corrected chi connectivity index (χ2v) is 4.54. The quantitative estimate of drug-likeness (QED) is 0.640. The maximum absolute atomic E-state index is 11.7. The smallest absolute Gasteiger partial charge is 0.138 e. The van der Waals surface area contributed by atoms with Gasteiger partial charge in [-0.2, -0.15) is 0 Å². The summed E-state index contributed by atoms with van der Waals surface area (Å²) >= 11 is 0. The van der Waals surface area contributed by atoms with Crippen LogP contribution in [0.2, 0.25) is 0 Å². The van der Waals surface area contributed by atoms with Crippen LogP contribution in [-0.2, 0) is 17.6 Å². The molecule has 0 saturated heterocycles. The van der Waals surface area contributed by atoms with E-state index in [2.05, 4.69) is 24.9 Å². The van der Waals surface area contributed by atoms with Crippen LogP contribution < -0.4 is 0 Å². The van der Waals surface area contributed by atoms with Crippen LogP contribution in [-0.4, -0.2) is 10.8 Å². The molecule has 94 valence electrons. The molecule has 1 aromatic heterocycles. The highest BCUT2D eigenvalue weighted by molar-refractivity contribution is 5.80. The topological polar surface area (TPSA) is 30.0 Å². The maximum atomic E-state index is 11.7. The first kappa shape index (κ1) is 13.9. The summed E-state index contributed by atoms with van der Waals surface area (Å²) in [7, 11) is 0. The number of unbranched alkanes of at least 4 members (excludes halogenated alkanes) is 3. The van der Waals surface area contributed by atoms with Gasteiger partial charge in [0.1, 0.15) is 5.78 Å². The van der Waals surface area contributed by atoms with Crippen molar-refractivity contribution >= 4 is 5.78 Å². The molecular weight excluding hydrogens is 210 g/mol. The predicted molar refractivity (Wildman–Crippen MR) is 71.1 cm³/mol. The zero-order chi connectivity index (χ0) is 12.5. The number of aryl methyl sites for hydroxylation is 1. The molecule has 0 aromatic carbocycles. The summed E-state index contributed by atoms with van der Waals surface area (Å²) in [5.41, 5.74) is 2.13. The van der Waals surface area contributed by atoms with Gasteiger partial charge in [-0.3, -0.25) is 9.78 Å². The lowest BCUT2D eigenvalue weighted by molar-refractivity contribution is -0.118. The van der Waals surface area contributed by atoms with Crippen molar-refractivity contribution < 1.29 is 4.79 Å². The van der Waals surface area contributed by atoms with Crippen molar-refractivity contribution in [3.8, 4) is 0 Å². The Morgan fingerprint density at radius 2 is 2.00 bits per heavy atom. The minimum Gasteiger partial charge on any atom is -0.299 e. The second kappa shape index (κ2) is 7.99. The standard InChI is InChI=1S/C15H23NO/c1-3-5-6-7-8-15(17)11-14-10-9-13(4-2)12-16-14/h9-10,12H,3-8,11H2,1-2H3. The van der Waals surface area contributed by atoms with Crippen LogP contribution in [0, 0.1) is 0 Å². The molecule has 0 aliphatic rings. The molecule has 1 rings (SSSR count). The van der Waals surface area contributed by atoms with Crippen LogP contribution in [0.4, 0.5) is 0 Å². The highest BCUT2D eigenvalue weighted by Crippen LogP contribution is 2.07. The van der Waals surface area contributed by atoms with Gasteiger partial charge in [-0.15, -0.1) is 0 Å². The fourth-order valence-corrected chi connectivity index (χ4v) is 1.81. The molecule has 0 spiro atoms. The van der Waals surface area contributed by atoms with Gasteiger partial charge < -0.3 is 0 Å². The van der Waals surface area contributed by atoms with Crippen molar-refractivity contribution in [3.63, 3.8) is 0 Å². The summed E-state index contributed by atoms with van der Waals surface area (Å²) < 4.78 is 0. The Kier molecular flexibility index (Phi) is 6.53. The van der Waals surface area contributed by atoms with E-state index in [-0.39, 0.29) is 0 Å². The van der Waals surface area contributed by atoms with Gasteiger partial charge in [0.15, 0.2) is 0 Å². The highest BCUT2D eigenvalue weighted by Gasteiger charge is 2.04. The second-order valence-electron chi connectivity index (χ2n) is 4.54. The Hall–Kier alpha value is -1.18. The molecule has 0 amide bonds. The molecule has 0 saturated carbocycles. The molecule has 0 radical (unpaired) electrons. The third kappa shape index (κ3) is 5.62. The number of Topliss-reactive ketones (excluding diaryl/α,β-unsaturated/α-hetero) is 1. The zero-order valence-corrected chi connectivity index (χ0v) is 11.0. The Morgan fingerprint density at radius 3 is 2.59 bits per heavy atom. The number of carbonyl (C=O) groups excluding carboxylic acids is 1. The average Bonchev–Trinajstić information content (AvgIpc) is 2.36. The van der Waals surface area contributed by atoms with E-state index < -0.39 is 0 Å². The molecule has 0 unspecified atom stereocenters. The molecule has 2 heteroatoms. The fourth-order valence-electron chi connectivity index (χ4n) is 1.81. The molecule has 17 heavy (non-hydrogen) atoms. The van der Waals surface area contributed by atoms with Crippen molar-refractivity contribution in [2.24, 2.45) is 0 Å². The van der Waals surface area contributed by atoms with Gasteiger partial charge in [0, 0.05) is 24.7 Å². The van der Waals surface area contributed by atoms with Crippen molar-refractivity contribution in [3.05, 3.63) is 29.6 Å². The molecule has 0 N–H and O–H groups in total. The number of pyridine rings is 1. The van der Waals surface area contributed by atoms with E-state index in [9.17, 15) is 4.79 Å². The molecular formula is C15H23NO. The van der Waals surface area contributed by atoms with Gasteiger partial charge >= 0.3 is 0 Å². The molecule has 1 aromatic rings.